The van der Waals surface area contributed by atoms with Gasteiger partial charge >= 0.3 is 5.97 Å². The van der Waals surface area contributed by atoms with Crippen molar-refractivity contribution in [1.82, 2.24) is 4.57 Å². The fourth-order valence-corrected chi connectivity index (χ4v) is 2.95. The van der Waals surface area contributed by atoms with E-state index in [0.717, 1.165) is 21.8 Å². The van der Waals surface area contributed by atoms with Crippen LogP contribution < -0.4 is 0 Å². The Morgan fingerprint density at radius 1 is 1.09 bits per heavy atom. The van der Waals surface area contributed by atoms with Gasteiger partial charge in [0.25, 0.3) is 0 Å². The smallest absolute Gasteiger partial charge is 0.310 e. The van der Waals surface area contributed by atoms with Crippen LogP contribution in [0.5, 0.6) is 0 Å². The van der Waals surface area contributed by atoms with Crippen LogP contribution in [-0.2, 0) is 23.0 Å². The normalized spacial score (nSPS) is 11.0. The minimum Gasteiger partial charge on any atom is -0.469 e. The van der Waals surface area contributed by atoms with E-state index in [2.05, 4.69) is 4.57 Å². The van der Waals surface area contributed by atoms with E-state index in [9.17, 15) is 9.59 Å². The largest absolute Gasteiger partial charge is 0.469 e. The lowest BCUT2D eigenvalue weighted by molar-refractivity contribution is -0.139. The third kappa shape index (κ3) is 2.17. The lowest BCUT2D eigenvalue weighted by atomic mass is 9.98. The van der Waals surface area contributed by atoms with Gasteiger partial charge in [-0.1, -0.05) is 18.2 Å². The number of para-hydroxylation sites is 1. The number of ketones is 1. The number of aryl methyl sites for hydroxylation is 1. The van der Waals surface area contributed by atoms with Gasteiger partial charge in [-0.05, 0) is 30.7 Å². The van der Waals surface area contributed by atoms with Crippen LogP contribution in [0.2, 0.25) is 0 Å². The van der Waals surface area contributed by atoms with Gasteiger partial charge in [0.2, 0.25) is 0 Å². The van der Waals surface area contributed by atoms with Gasteiger partial charge in [-0.3, -0.25) is 9.59 Å². The molecule has 0 radical (unpaired) electrons. The average molecular weight is 295 g/mol. The van der Waals surface area contributed by atoms with Crippen LogP contribution in [0, 0.1) is 0 Å². The zero-order valence-electron chi connectivity index (χ0n) is 12.8. The molecular formula is C18H17NO3. The number of carbonyl (C=O) groups excluding carboxylic acids is 2. The monoisotopic (exact) mass is 295 g/mol. The maximum atomic E-state index is 12.0. The molecule has 112 valence electrons. The van der Waals surface area contributed by atoms with Gasteiger partial charge < -0.3 is 9.30 Å². The van der Waals surface area contributed by atoms with Crippen LogP contribution in [0.15, 0.2) is 36.4 Å². The van der Waals surface area contributed by atoms with Crippen molar-refractivity contribution in [3.8, 4) is 0 Å². The first-order chi connectivity index (χ1) is 10.5. The number of benzene rings is 2. The Morgan fingerprint density at radius 3 is 2.50 bits per heavy atom. The molecule has 4 heteroatoms. The molecule has 2 aromatic carbocycles. The molecule has 0 fully saturated rings. The number of aromatic nitrogens is 1. The molecule has 0 bridgehead atoms. The van der Waals surface area contributed by atoms with Gasteiger partial charge in [0, 0.05) is 34.4 Å². The third-order valence-electron chi connectivity index (χ3n) is 4.08. The minimum absolute atomic E-state index is 0.0475. The SMILES string of the molecule is COC(=O)Cc1cc2c(cc1C(C)=O)c1ccccc1n2C. The molecular weight excluding hydrogens is 278 g/mol. The van der Waals surface area contributed by atoms with E-state index < -0.39 is 0 Å². The summed E-state index contributed by atoms with van der Waals surface area (Å²) in [6.45, 7) is 1.52. The molecule has 3 aromatic rings. The van der Waals surface area contributed by atoms with E-state index in [0.29, 0.717) is 11.1 Å². The summed E-state index contributed by atoms with van der Waals surface area (Å²) in [5, 5.41) is 2.13. The highest BCUT2D eigenvalue weighted by Gasteiger charge is 2.16. The van der Waals surface area contributed by atoms with Crippen molar-refractivity contribution >= 4 is 33.6 Å². The van der Waals surface area contributed by atoms with Crippen LogP contribution in [0.25, 0.3) is 21.8 Å². The van der Waals surface area contributed by atoms with Crippen molar-refractivity contribution in [1.29, 1.82) is 0 Å². The lowest BCUT2D eigenvalue weighted by Gasteiger charge is -2.08. The Bertz CT molecular complexity index is 905. The molecule has 4 nitrogen and oxygen atoms in total. The maximum absolute atomic E-state index is 12.0. The lowest BCUT2D eigenvalue weighted by Crippen LogP contribution is -2.09. The fourth-order valence-electron chi connectivity index (χ4n) is 2.95. The Morgan fingerprint density at radius 2 is 1.82 bits per heavy atom. The second-order valence-electron chi connectivity index (χ2n) is 5.41. The van der Waals surface area contributed by atoms with E-state index in [1.165, 1.54) is 14.0 Å². The summed E-state index contributed by atoms with van der Waals surface area (Å²) in [6.07, 6.45) is 0.100. The number of Topliss-reactive ketones (excluding diaryl/α,β-unsaturated/α-hetero) is 1. The topological polar surface area (TPSA) is 48.3 Å². The van der Waals surface area contributed by atoms with Gasteiger partial charge in [-0.25, -0.2) is 0 Å². The van der Waals surface area contributed by atoms with E-state index >= 15 is 0 Å². The summed E-state index contributed by atoms with van der Waals surface area (Å²) in [4.78, 5) is 23.6. The number of esters is 1. The first-order valence-electron chi connectivity index (χ1n) is 7.10. The Labute approximate surface area is 128 Å². The molecule has 0 spiro atoms. The average Bonchev–Trinajstić information content (AvgIpc) is 2.79. The van der Waals surface area contributed by atoms with Crippen LogP contribution >= 0.6 is 0 Å². The molecule has 0 aliphatic carbocycles. The summed E-state index contributed by atoms with van der Waals surface area (Å²) >= 11 is 0. The minimum atomic E-state index is -0.347. The highest BCUT2D eigenvalue weighted by Crippen LogP contribution is 2.30. The summed E-state index contributed by atoms with van der Waals surface area (Å²) in [5.74, 6) is -0.394. The third-order valence-corrected chi connectivity index (χ3v) is 4.08. The first-order valence-corrected chi connectivity index (χ1v) is 7.10. The van der Waals surface area contributed by atoms with Crippen molar-refractivity contribution < 1.29 is 14.3 Å². The zero-order chi connectivity index (χ0) is 15.9. The fraction of sp³-hybridized carbons (Fsp3) is 0.222. The van der Waals surface area contributed by atoms with Crippen molar-refractivity contribution in [2.45, 2.75) is 13.3 Å². The summed E-state index contributed by atoms with van der Waals surface area (Å²) in [6, 6.07) is 11.9. The van der Waals surface area contributed by atoms with Crippen LogP contribution in [0.3, 0.4) is 0 Å². The van der Waals surface area contributed by atoms with E-state index in [4.69, 9.17) is 4.74 Å². The summed E-state index contributed by atoms with van der Waals surface area (Å²) < 4.78 is 6.81. The predicted octanol–water partition coefficient (Wildman–Crippen LogP) is 3.25. The molecule has 1 heterocycles. The molecule has 3 rings (SSSR count). The van der Waals surface area contributed by atoms with Crippen molar-refractivity contribution in [3.05, 3.63) is 47.5 Å². The van der Waals surface area contributed by atoms with Crippen LogP contribution in [0.1, 0.15) is 22.8 Å². The molecule has 0 aliphatic heterocycles. The Kier molecular flexibility index (Phi) is 3.45. The quantitative estimate of drug-likeness (QED) is 0.550. The van der Waals surface area contributed by atoms with Crippen molar-refractivity contribution in [2.75, 3.05) is 7.11 Å². The molecule has 1 aromatic heterocycles. The molecule has 22 heavy (non-hydrogen) atoms. The maximum Gasteiger partial charge on any atom is 0.310 e. The second-order valence-corrected chi connectivity index (χ2v) is 5.41. The molecule has 0 aliphatic rings. The number of methoxy groups -OCH3 is 1. The number of hydrogen-bond acceptors (Lipinski definition) is 3. The second kappa shape index (κ2) is 5.30. The highest BCUT2D eigenvalue weighted by molar-refractivity contribution is 6.11. The van der Waals surface area contributed by atoms with Crippen LogP contribution in [-0.4, -0.2) is 23.4 Å². The molecule has 0 saturated heterocycles. The molecule has 0 atom stereocenters. The molecule has 0 N–H and O–H groups in total. The number of hydrogen-bond donors (Lipinski definition) is 0. The van der Waals surface area contributed by atoms with E-state index in [-0.39, 0.29) is 18.2 Å². The number of ether oxygens (including phenoxy) is 1. The molecule has 0 unspecified atom stereocenters. The van der Waals surface area contributed by atoms with E-state index in [1.54, 1.807) is 0 Å². The summed E-state index contributed by atoms with van der Waals surface area (Å²) in [5.41, 5.74) is 3.39. The van der Waals surface area contributed by atoms with Crippen LogP contribution in [0.4, 0.5) is 0 Å². The predicted molar refractivity (Wildman–Crippen MR) is 86.1 cm³/mol. The first kappa shape index (κ1) is 14.3. The molecule has 0 saturated carbocycles. The number of nitrogens with zero attached hydrogens (tertiary/aromatic N) is 1. The van der Waals surface area contributed by atoms with Gasteiger partial charge in [0.15, 0.2) is 5.78 Å². The number of rotatable bonds is 3. The number of fused-ring (bicyclic) bond motifs is 3. The van der Waals surface area contributed by atoms with Crippen molar-refractivity contribution in [3.63, 3.8) is 0 Å². The Hall–Kier alpha value is -2.62. The van der Waals surface area contributed by atoms with Gasteiger partial charge in [0.05, 0.1) is 13.5 Å². The van der Waals surface area contributed by atoms with Crippen molar-refractivity contribution in [2.24, 2.45) is 7.05 Å². The molecule has 0 amide bonds. The van der Waals surface area contributed by atoms with Gasteiger partial charge in [-0.2, -0.15) is 0 Å². The number of carbonyl (C=O) groups is 2. The zero-order valence-corrected chi connectivity index (χ0v) is 12.8. The highest BCUT2D eigenvalue weighted by atomic mass is 16.5. The standard InChI is InChI=1S/C18H17NO3/c1-11(20)14-10-15-13-6-4-5-7-16(13)19(2)17(15)8-12(14)9-18(21)22-3/h4-8,10H,9H2,1-3H3. The summed E-state index contributed by atoms with van der Waals surface area (Å²) in [7, 11) is 3.34. The van der Waals surface area contributed by atoms with Gasteiger partial charge in [-0.15, -0.1) is 0 Å². The Balaban J connectivity index is 2.34. The van der Waals surface area contributed by atoms with Gasteiger partial charge in [0.1, 0.15) is 0 Å². The van der Waals surface area contributed by atoms with E-state index in [1.807, 2.05) is 43.4 Å².